The van der Waals surface area contributed by atoms with Gasteiger partial charge >= 0.3 is 11.9 Å². The Morgan fingerprint density at radius 1 is 1.29 bits per heavy atom. The standard InChI is InChI=1S/C15H26N2O6S/c1-3-5-10(6-4-2)24(21,22)9-11(16)14(19)23-15(20)13-12(18)7-8-17-13/h10-11,13,17H,3-9,16H2,1-2H3/t11-,13-/m0/s1. The topological polar surface area (TPSA) is 133 Å². The Bertz CT molecular complexity index is 569. The normalized spacial score (nSPS) is 19.5. The molecule has 1 aliphatic heterocycles. The lowest BCUT2D eigenvalue weighted by molar-refractivity contribution is -0.161. The van der Waals surface area contributed by atoms with Gasteiger partial charge in [0.05, 0.1) is 11.0 Å². The van der Waals surface area contributed by atoms with E-state index in [-0.39, 0.29) is 12.2 Å². The van der Waals surface area contributed by atoms with Gasteiger partial charge in [-0.05, 0) is 12.8 Å². The summed E-state index contributed by atoms with van der Waals surface area (Å²) in [5.41, 5.74) is 5.60. The van der Waals surface area contributed by atoms with Crippen LogP contribution in [0, 0.1) is 0 Å². The number of esters is 2. The zero-order chi connectivity index (χ0) is 18.3. The van der Waals surface area contributed by atoms with Gasteiger partial charge in [-0.2, -0.15) is 0 Å². The number of nitrogens with two attached hydrogens (primary N) is 1. The predicted molar refractivity (Wildman–Crippen MR) is 87.9 cm³/mol. The largest absolute Gasteiger partial charge is 0.390 e. The molecule has 138 valence electrons. The fourth-order valence-electron chi connectivity index (χ4n) is 2.65. The molecule has 24 heavy (non-hydrogen) atoms. The van der Waals surface area contributed by atoms with Crippen molar-refractivity contribution in [3.05, 3.63) is 0 Å². The van der Waals surface area contributed by atoms with E-state index in [0.717, 1.165) is 0 Å². The third-order valence-corrected chi connectivity index (χ3v) is 6.23. The number of rotatable bonds is 9. The highest BCUT2D eigenvalue weighted by molar-refractivity contribution is 7.92. The van der Waals surface area contributed by atoms with Gasteiger partial charge in [-0.3, -0.25) is 10.1 Å². The molecule has 1 fully saturated rings. The summed E-state index contributed by atoms with van der Waals surface area (Å²) in [5.74, 6) is -3.10. The van der Waals surface area contributed by atoms with Crippen LogP contribution >= 0.6 is 0 Å². The summed E-state index contributed by atoms with van der Waals surface area (Å²) in [6.07, 6.45) is 2.59. The maximum Gasteiger partial charge on any atom is 0.338 e. The van der Waals surface area contributed by atoms with Gasteiger partial charge in [0, 0.05) is 13.0 Å². The van der Waals surface area contributed by atoms with Crippen LogP contribution in [0.5, 0.6) is 0 Å². The van der Waals surface area contributed by atoms with E-state index < -0.39 is 44.9 Å². The number of hydrogen-bond donors (Lipinski definition) is 2. The Hall–Kier alpha value is -1.32. The van der Waals surface area contributed by atoms with Crippen molar-refractivity contribution in [1.29, 1.82) is 0 Å². The molecule has 0 saturated carbocycles. The summed E-state index contributed by atoms with van der Waals surface area (Å²) in [7, 11) is -3.58. The molecule has 8 nitrogen and oxygen atoms in total. The van der Waals surface area contributed by atoms with Gasteiger partial charge < -0.3 is 10.5 Å². The van der Waals surface area contributed by atoms with E-state index in [1.807, 2.05) is 13.8 Å². The first kappa shape index (κ1) is 20.7. The molecule has 0 amide bonds. The van der Waals surface area contributed by atoms with Crippen molar-refractivity contribution in [1.82, 2.24) is 5.32 Å². The highest BCUT2D eigenvalue weighted by Crippen LogP contribution is 2.16. The van der Waals surface area contributed by atoms with E-state index >= 15 is 0 Å². The zero-order valence-corrected chi connectivity index (χ0v) is 14.9. The summed E-state index contributed by atoms with van der Waals surface area (Å²) in [5, 5.41) is 2.06. The molecular weight excluding hydrogens is 336 g/mol. The second kappa shape index (κ2) is 9.24. The van der Waals surface area contributed by atoms with Crippen LogP contribution in [0.1, 0.15) is 46.0 Å². The Kier molecular flexibility index (Phi) is 7.98. The minimum atomic E-state index is -3.58. The van der Waals surface area contributed by atoms with Crippen LogP contribution in [0.15, 0.2) is 0 Å². The maximum atomic E-state index is 12.4. The smallest absolute Gasteiger partial charge is 0.338 e. The lowest BCUT2D eigenvalue weighted by Crippen LogP contribution is -2.45. The first-order valence-corrected chi connectivity index (χ1v) is 9.93. The SMILES string of the molecule is CCCC(CCC)S(=O)(=O)C[C@H](N)C(=O)OC(=O)[C@H]1NCCC1=O. The lowest BCUT2D eigenvalue weighted by atomic mass is 10.2. The van der Waals surface area contributed by atoms with Crippen molar-refractivity contribution in [3.63, 3.8) is 0 Å². The Balaban J connectivity index is 2.64. The van der Waals surface area contributed by atoms with Crippen LogP contribution in [0.25, 0.3) is 0 Å². The molecule has 1 aliphatic rings. The number of hydrogen-bond acceptors (Lipinski definition) is 8. The van der Waals surface area contributed by atoms with E-state index in [2.05, 4.69) is 10.1 Å². The van der Waals surface area contributed by atoms with Crippen molar-refractivity contribution in [2.45, 2.75) is 63.3 Å². The van der Waals surface area contributed by atoms with Gasteiger partial charge in [0.15, 0.2) is 21.7 Å². The van der Waals surface area contributed by atoms with Gasteiger partial charge in [0.25, 0.3) is 0 Å². The van der Waals surface area contributed by atoms with Crippen LogP contribution < -0.4 is 11.1 Å². The Morgan fingerprint density at radius 2 is 1.88 bits per heavy atom. The molecule has 0 aliphatic carbocycles. The molecule has 1 rings (SSSR count). The number of nitrogens with one attached hydrogen (secondary N) is 1. The number of ether oxygens (including phenoxy) is 1. The maximum absolute atomic E-state index is 12.4. The van der Waals surface area contributed by atoms with Crippen LogP contribution in [0.2, 0.25) is 0 Å². The number of carbonyl (C=O) groups is 3. The monoisotopic (exact) mass is 362 g/mol. The average Bonchev–Trinajstić information content (AvgIpc) is 2.92. The average molecular weight is 362 g/mol. The molecule has 1 saturated heterocycles. The third kappa shape index (κ3) is 5.64. The van der Waals surface area contributed by atoms with Gasteiger partial charge in [0.1, 0.15) is 6.04 Å². The van der Waals surface area contributed by atoms with Crippen LogP contribution in [0.3, 0.4) is 0 Å². The van der Waals surface area contributed by atoms with Crippen molar-refractivity contribution in [2.75, 3.05) is 12.3 Å². The van der Waals surface area contributed by atoms with Gasteiger partial charge in [-0.15, -0.1) is 0 Å². The van der Waals surface area contributed by atoms with E-state index in [4.69, 9.17) is 5.73 Å². The van der Waals surface area contributed by atoms with Crippen molar-refractivity contribution in [2.24, 2.45) is 5.73 Å². The number of ketones is 1. The quantitative estimate of drug-likeness (QED) is 0.422. The van der Waals surface area contributed by atoms with E-state index in [1.165, 1.54) is 0 Å². The molecule has 0 aromatic heterocycles. The first-order valence-electron chi connectivity index (χ1n) is 8.21. The molecule has 0 aromatic rings. The third-order valence-electron chi connectivity index (χ3n) is 3.92. The van der Waals surface area contributed by atoms with Crippen molar-refractivity contribution >= 4 is 27.6 Å². The number of carbonyl (C=O) groups excluding carboxylic acids is 3. The Morgan fingerprint density at radius 3 is 2.33 bits per heavy atom. The first-order chi connectivity index (χ1) is 11.2. The molecule has 0 aromatic carbocycles. The summed E-state index contributed by atoms with van der Waals surface area (Å²) < 4.78 is 29.3. The van der Waals surface area contributed by atoms with E-state index in [1.54, 1.807) is 0 Å². The fraction of sp³-hybridized carbons (Fsp3) is 0.800. The van der Waals surface area contributed by atoms with Crippen LogP contribution in [0.4, 0.5) is 0 Å². The minimum Gasteiger partial charge on any atom is -0.390 e. The highest BCUT2D eigenvalue weighted by Gasteiger charge is 2.36. The molecule has 2 atom stereocenters. The van der Waals surface area contributed by atoms with Crippen molar-refractivity contribution < 1.29 is 27.5 Å². The lowest BCUT2D eigenvalue weighted by Gasteiger charge is -2.18. The van der Waals surface area contributed by atoms with E-state index in [0.29, 0.717) is 32.2 Å². The molecule has 0 bridgehead atoms. The molecule has 0 unspecified atom stereocenters. The highest BCUT2D eigenvalue weighted by atomic mass is 32.2. The molecule has 1 heterocycles. The van der Waals surface area contributed by atoms with Gasteiger partial charge in [0.2, 0.25) is 0 Å². The molecule has 0 radical (unpaired) electrons. The van der Waals surface area contributed by atoms with Crippen LogP contribution in [-0.2, 0) is 29.0 Å². The second-order valence-corrected chi connectivity index (χ2v) is 8.30. The van der Waals surface area contributed by atoms with Crippen LogP contribution in [-0.4, -0.2) is 55.8 Å². The minimum absolute atomic E-state index is 0.185. The number of sulfone groups is 1. The summed E-state index contributed by atoms with van der Waals surface area (Å²) in [6.45, 7) is 4.11. The second-order valence-electron chi connectivity index (χ2n) is 5.98. The van der Waals surface area contributed by atoms with Gasteiger partial charge in [-0.1, -0.05) is 26.7 Å². The predicted octanol–water partition coefficient (Wildman–Crippen LogP) is -0.302. The number of Topliss-reactive ketones (excluding diaryl/α,β-unsaturated/α-hetero) is 1. The molecule has 3 N–H and O–H groups in total. The summed E-state index contributed by atoms with van der Waals surface area (Å²) >= 11 is 0. The molecule has 0 spiro atoms. The fourth-order valence-corrected chi connectivity index (χ4v) is 4.75. The summed E-state index contributed by atoms with van der Waals surface area (Å²) in [4.78, 5) is 35.0. The molecular formula is C15H26N2O6S. The van der Waals surface area contributed by atoms with Gasteiger partial charge in [-0.25, -0.2) is 18.0 Å². The van der Waals surface area contributed by atoms with Crippen molar-refractivity contribution in [3.8, 4) is 0 Å². The molecule has 9 heteroatoms. The van der Waals surface area contributed by atoms with E-state index in [9.17, 15) is 22.8 Å². The zero-order valence-electron chi connectivity index (χ0n) is 14.1. The summed E-state index contributed by atoms with van der Waals surface area (Å²) in [6, 6.07) is -2.63. The Labute approximate surface area is 142 Å².